The molecule has 4 aromatic carbocycles. The molecule has 1 saturated heterocycles. The molecule has 0 unspecified atom stereocenters. The van der Waals surface area contributed by atoms with Crippen molar-refractivity contribution in [3.8, 4) is 0 Å². The van der Waals surface area contributed by atoms with Gasteiger partial charge in [0.15, 0.2) is 24.6 Å². The summed E-state index contributed by atoms with van der Waals surface area (Å²) in [6.07, 6.45) is 0.350. The first-order valence-electron chi connectivity index (χ1n) is 26.7. The minimum atomic E-state index is -1.57. The summed E-state index contributed by atoms with van der Waals surface area (Å²) < 4.78 is 37.4. The van der Waals surface area contributed by atoms with Crippen molar-refractivity contribution >= 4 is 35.4 Å². The summed E-state index contributed by atoms with van der Waals surface area (Å²) in [6.45, 7) is 8.04. The number of hydrogen-bond donors (Lipinski definition) is 1. The maximum Gasteiger partial charge on any atom is 0.338 e. The summed E-state index contributed by atoms with van der Waals surface area (Å²) >= 11 is 0. The number of fused-ring (bicyclic) bond motifs is 5. The molecular weight excluding hydrogens is 941 g/mol. The average Bonchev–Trinajstić information content (AvgIpc) is 3.70. The second-order valence-electron chi connectivity index (χ2n) is 22.2. The first kappa shape index (κ1) is 52.8. The monoisotopic (exact) mass is 1010 g/mol. The van der Waals surface area contributed by atoms with E-state index in [-0.39, 0.29) is 81.5 Å². The Bertz CT molecular complexity index is 2610. The summed E-state index contributed by atoms with van der Waals surface area (Å²) in [5.74, 6) is -2.24. The van der Waals surface area contributed by atoms with Crippen LogP contribution in [0.25, 0.3) is 0 Å². The van der Waals surface area contributed by atoms with Crippen LogP contribution in [0.4, 0.5) is 0 Å². The normalized spacial score (nSPS) is 32.1. The number of benzene rings is 4. The van der Waals surface area contributed by atoms with E-state index in [9.17, 15) is 33.9 Å². The molecule has 5 fully saturated rings. The fraction of sp³-hybridized carbons (Fsp3) is 0.508. The van der Waals surface area contributed by atoms with Gasteiger partial charge in [-0.2, -0.15) is 0 Å². The number of ketones is 2. The Labute approximate surface area is 434 Å². The lowest BCUT2D eigenvalue weighted by atomic mass is 9.44. The van der Waals surface area contributed by atoms with Crippen molar-refractivity contribution in [2.24, 2.45) is 52.3 Å². The van der Waals surface area contributed by atoms with E-state index in [0.717, 1.165) is 44.9 Å². The molecule has 0 bridgehead atoms. The van der Waals surface area contributed by atoms with Gasteiger partial charge < -0.3 is 33.5 Å². The molecule has 4 aliphatic carbocycles. The Kier molecular flexibility index (Phi) is 16.3. The second kappa shape index (κ2) is 22.8. The molecular formula is C61H70O13. The standard InChI is InChI=1S/C61H70O13/c1-37(25-28-48(63)38(2)51-49(64)34-47-45-27-26-43-33-44(62)29-31-60(43,3)46(45)30-32-61(47,51)4)35-70-59-54(74-58(68)42-23-15-8-16-24-42)53(73-57(67)41-21-13-7-14-22-41)52(72-56(66)40-19-11-6-12-20-40)50(71-59)36-69-55(65)39-17-9-5-10-18-39/h5-24,37-38,43-47,50-54,59,62H,25-36H2,1-4H3/t37-,38+,43+,44-,45+,46-,47-,50+,51-,52+,53-,54+,59+,60-,61-/m0/s1. The lowest BCUT2D eigenvalue weighted by Gasteiger charge is -2.61. The Balaban J connectivity index is 0.937. The number of hydrogen-bond acceptors (Lipinski definition) is 13. The smallest absolute Gasteiger partial charge is 0.338 e. The molecule has 1 N–H and O–H groups in total. The van der Waals surface area contributed by atoms with Crippen molar-refractivity contribution in [3.05, 3.63) is 144 Å². The molecule has 0 aromatic heterocycles. The minimum absolute atomic E-state index is 0.0158. The summed E-state index contributed by atoms with van der Waals surface area (Å²) in [6, 6.07) is 32.8. The van der Waals surface area contributed by atoms with Gasteiger partial charge in [-0.3, -0.25) is 9.59 Å². The third kappa shape index (κ3) is 11.2. The van der Waals surface area contributed by atoms with E-state index in [4.69, 9.17) is 28.4 Å². The van der Waals surface area contributed by atoms with Gasteiger partial charge in [0.2, 0.25) is 0 Å². The highest BCUT2D eigenvalue weighted by Crippen LogP contribution is 2.67. The quantitative estimate of drug-likeness (QED) is 0.0781. The fourth-order valence-electron chi connectivity index (χ4n) is 13.7. The van der Waals surface area contributed by atoms with E-state index in [1.807, 2.05) is 13.8 Å². The Morgan fingerprint density at radius 1 is 0.635 bits per heavy atom. The largest absolute Gasteiger partial charge is 0.459 e. The molecule has 5 aliphatic rings. The van der Waals surface area contributed by atoms with Crippen LogP contribution >= 0.6 is 0 Å². The van der Waals surface area contributed by atoms with Gasteiger partial charge in [-0.25, -0.2) is 19.2 Å². The first-order chi connectivity index (χ1) is 35.6. The predicted molar refractivity (Wildman–Crippen MR) is 272 cm³/mol. The van der Waals surface area contributed by atoms with Gasteiger partial charge >= 0.3 is 23.9 Å². The Morgan fingerprint density at radius 3 is 1.72 bits per heavy atom. The first-order valence-corrected chi connectivity index (χ1v) is 26.7. The summed E-state index contributed by atoms with van der Waals surface area (Å²) in [5.41, 5.74) is 0.686. The zero-order chi connectivity index (χ0) is 52.1. The number of rotatable bonds is 17. The molecule has 392 valence electrons. The number of aliphatic hydroxyl groups excluding tert-OH is 1. The van der Waals surface area contributed by atoms with E-state index < -0.39 is 67.1 Å². The Hall–Kier alpha value is -6.02. The van der Waals surface area contributed by atoms with Gasteiger partial charge in [-0.05, 0) is 140 Å². The van der Waals surface area contributed by atoms with Crippen molar-refractivity contribution in [1.82, 2.24) is 0 Å². The van der Waals surface area contributed by atoms with Crippen LogP contribution in [-0.2, 0) is 38.0 Å². The Morgan fingerprint density at radius 2 is 1.15 bits per heavy atom. The molecule has 0 radical (unpaired) electrons. The lowest BCUT2D eigenvalue weighted by molar-refractivity contribution is -0.300. The van der Waals surface area contributed by atoms with Crippen LogP contribution in [0.15, 0.2) is 121 Å². The molecule has 74 heavy (non-hydrogen) atoms. The SMILES string of the molecule is C[C@@H](CCC(=O)[C@@H](C)[C@H]1C(=O)C[C@H]2[C@@H]3CC[C@@H]4C[C@@H](O)CC[C@]4(C)[C@H]3CC[C@]12C)CO[C@@H]1O[C@H](COC(=O)c2ccccc2)[C@@H](OC(=O)c2ccccc2)[C@H](OC(=O)c2ccccc2)[C@H]1OC(=O)c1ccccc1. The summed E-state index contributed by atoms with van der Waals surface area (Å²) in [4.78, 5) is 83.9. The summed E-state index contributed by atoms with van der Waals surface area (Å²) in [7, 11) is 0. The zero-order valence-corrected chi connectivity index (χ0v) is 42.9. The number of aliphatic hydroxyl groups is 1. The maximum atomic E-state index is 14.3. The summed E-state index contributed by atoms with van der Waals surface area (Å²) in [5, 5.41) is 10.5. The highest BCUT2D eigenvalue weighted by atomic mass is 16.7. The van der Waals surface area contributed by atoms with Gasteiger partial charge in [-0.15, -0.1) is 0 Å². The molecule has 0 amide bonds. The third-order valence-corrected chi connectivity index (χ3v) is 17.7. The number of carbonyl (C=O) groups excluding carboxylic acids is 6. The molecule has 15 atom stereocenters. The molecule has 4 aromatic rings. The van der Waals surface area contributed by atoms with Crippen molar-refractivity contribution in [2.45, 2.75) is 129 Å². The molecule has 1 aliphatic heterocycles. The molecule has 1 heterocycles. The second-order valence-corrected chi connectivity index (χ2v) is 22.2. The lowest BCUT2D eigenvalue weighted by Crippen LogP contribution is -2.63. The topological polar surface area (TPSA) is 178 Å². The van der Waals surface area contributed by atoms with Crippen LogP contribution in [0.3, 0.4) is 0 Å². The fourth-order valence-corrected chi connectivity index (χ4v) is 13.7. The van der Waals surface area contributed by atoms with E-state index in [1.165, 1.54) is 0 Å². The van der Waals surface area contributed by atoms with Crippen LogP contribution in [0.1, 0.15) is 133 Å². The van der Waals surface area contributed by atoms with Crippen molar-refractivity contribution in [1.29, 1.82) is 0 Å². The highest BCUT2D eigenvalue weighted by Gasteiger charge is 2.63. The third-order valence-electron chi connectivity index (χ3n) is 17.7. The van der Waals surface area contributed by atoms with E-state index in [0.29, 0.717) is 30.6 Å². The number of carbonyl (C=O) groups is 6. The van der Waals surface area contributed by atoms with Crippen molar-refractivity contribution < 1.29 is 62.3 Å². The average molecular weight is 1010 g/mol. The van der Waals surface area contributed by atoms with E-state index in [1.54, 1.807) is 121 Å². The molecule has 4 saturated carbocycles. The van der Waals surface area contributed by atoms with Crippen LogP contribution in [-0.4, -0.2) is 90.6 Å². The molecule has 0 spiro atoms. The maximum absolute atomic E-state index is 14.3. The van der Waals surface area contributed by atoms with Gasteiger partial charge in [0, 0.05) is 24.7 Å². The highest BCUT2D eigenvalue weighted by molar-refractivity contribution is 5.93. The van der Waals surface area contributed by atoms with Crippen LogP contribution in [0.5, 0.6) is 0 Å². The molecule has 9 rings (SSSR count). The van der Waals surface area contributed by atoms with Crippen molar-refractivity contribution in [3.63, 3.8) is 0 Å². The van der Waals surface area contributed by atoms with Gasteiger partial charge in [-0.1, -0.05) is 100 Å². The van der Waals surface area contributed by atoms with E-state index >= 15 is 0 Å². The van der Waals surface area contributed by atoms with Gasteiger partial charge in [0.1, 0.15) is 24.3 Å². The van der Waals surface area contributed by atoms with Crippen LogP contribution in [0, 0.1) is 52.3 Å². The molecule has 13 heteroatoms. The minimum Gasteiger partial charge on any atom is -0.459 e. The number of ether oxygens (including phenoxy) is 6. The number of esters is 4. The van der Waals surface area contributed by atoms with Gasteiger partial charge in [0.05, 0.1) is 35.0 Å². The predicted octanol–water partition coefficient (Wildman–Crippen LogP) is 10.1. The van der Waals surface area contributed by atoms with Crippen LogP contribution < -0.4 is 0 Å². The van der Waals surface area contributed by atoms with E-state index in [2.05, 4.69) is 13.8 Å². The molecule has 13 nitrogen and oxygen atoms in total. The van der Waals surface area contributed by atoms with Crippen molar-refractivity contribution in [2.75, 3.05) is 13.2 Å². The van der Waals surface area contributed by atoms with Crippen LogP contribution in [0.2, 0.25) is 0 Å². The number of Topliss-reactive ketones (excluding diaryl/α,β-unsaturated/α-hetero) is 2. The zero-order valence-electron chi connectivity index (χ0n) is 42.9. The van der Waals surface area contributed by atoms with Gasteiger partial charge in [0.25, 0.3) is 0 Å².